The third kappa shape index (κ3) is 5.27. The van der Waals surface area contributed by atoms with E-state index in [-0.39, 0.29) is 11.9 Å². The molecule has 29 heavy (non-hydrogen) atoms. The smallest absolute Gasteiger partial charge is 0.224 e. The molecule has 0 aliphatic heterocycles. The van der Waals surface area contributed by atoms with E-state index in [9.17, 15) is 4.79 Å². The number of likely N-dealkylation sites (N-methyl/N-ethyl adjacent to an activating group) is 1. The maximum atomic E-state index is 12.6. The molecule has 4 nitrogen and oxygen atoms in total. The van der Waals surface area contributed by atoms with Crippen molar-refractivity contribution in [3.63, 3.8) is 0 Å². The molecule has 0 fully saturated rings. The Morgan fingerprint density at radius 2 is 1.86 bits per heavy atom. The normalized spacial score (nSPS) is 12.7. The van der Waals surface area contributed by atoms with Gasteiger partial charge >= 0.3 is 0 Å². The van der Waals surface area contributed by atoms with Crippen LogP contribution in [-0.4, -0.2) is 37.5 Å². The largest absolute Gasteiger partial charge is 0.464 e. The summed E-state index contributed by atoms with van der Waals surface area (Å²) in [6.45, 7) is 7.11. The molecule has 0 radical (unpaired) electrons. The second kappa shape index (κ2) is 9.27. The van der Waals surface area contributed by atoms with Gasteiger partial charge in [-0.1, -0.05) is 44.2 Å². The number of amides is 1. The second-order valence-electron chi connectivity index (χ2n) is 8.41. The van der Waals surface area contributed by atoms with Crippen molar-refractivity contribution >= 4 is 16.9 Å². The predicted octanol–water partition coefficient (Wildman–Crippen LogP) is 4.70. The minimum Gasteiger partial charge on any atom is -0.464 e. The third-order valence-electron chi connectivity index (χ3n) is 5.59. The number of nitrogens with zero attached hydrogens (tertiary/aromatic N) is 1. The van der Waals surface area contributed by atoms with Crippen LogP contribution in [-0.2, 0) is 17.6 Å². The molecule has 4 heteroatoms. The lowest BCUT2D eigenvalue weighted by molar-refractivity contribution is -0.120. The van der Waals surface area contributed by atoms with Crippen LogP contribution in [0.1, 0.15) is 42.0 Å². The molecule has 0 aliphatic rings. The van der Waals surface area contributed by atoms with E-state index >= 15 is 0 Å². The second-order valence-corrected chi connectivity index (χ2v) is 8.41. The first-order chi connectivity index (χ1) is 13.8. The zero-order valence-electron chi connectivity index (χ0n) is 18.2. The summed E-state index contributed by atoms with van der Waals surface area (Å²) in [7, 11) is 4.11. The van der Waals surface area contributed by atoms with E-state index in [2.05, 4.69) is 81.5 Å². The third-order valence-corrected chi connectivity index (χ3v) is 5.59. The molecule has 0 bridgehead atoms. The van der Waals surface area contributed by atoms with Gasteiger partial charge in [0.2, 0.25) is 5.91 Å². The number of aryl methyl sites for hydroxylation is 1. The molecule has 1 N–H and O–H groups in total. The highest BCUT2D eigenvalue weighted by Gasteiger charge is 2.16. The van der Waals surface area contributed by atoms with E-state index in [1.165, 1.54) is 16.7 Å². The van der Waals surface area contributed by atoms with Gasteiger partial charge in [0.15, 0.2) is 0 Å². The van der Waals surface area contributed by atoms with E-state index in [0.717, 1.165) is 23.0 Å². The summed E-state index contributed by atoms with van der Waals surface area (Å²) in [5, 5.41) is 4.16. The van der Waals surface area contributed by atoms with Crippen LogP contribution in [0, 0.1) is 6.92 Å². The monoisotopic (exact) mass is 392 g/mol. The van der Waals surface area contributed by atoms with Crippen molar-refractivity contribution in [1.82, 2.24) is 10.2 Å². The zero-order valence-corrected chi connectivity index (χ0v) is 18.2. The number of nitrogens with one attached hydrogen (secondary N) is 1. The number of carbonyl (C=O) groups excluding carboxylic acids is 1. The summed E-state index contributed by atoms with van der Waals surface area (Å²) in [5.41, 5.74) is 5.61. The molecule has 1 aromatic heterocycles. The quantitative estimate of drug-likeness (QED) is 0.605. The topological polar surface area (TPSA) is 45.5 Å². The van der Waals surface area contributed by atoms with Crippen LogP contribution < -0.4 is 5.32 Å². The Labute approximate surface area is 173 Å². The molecule has 3 aromatic rings. The summed E-state index contributed by atoms with van der Waals surface area (Å²) in [6, 6.07) is 14.9. The van der Waals surface area contributed by atoms with Crippen molar-refractivity contribution < 1.29 is 9.21 Å². The SMILES string of the molecule is Cc1cc2occ(CC(=O)NCC(Cc3ccccc3)N(C)C)c2cc1C(C)C. The van der Waals surface area contributed by atoms with Crippen molar-refractivity contribution in [2.45, 2.75) is 45.6 Å². The van der Waals surface area contributed by atoms with Crippen LogP contribution in [0.3, 0.4) is 0 Å². The molecule has 0 saturated carbocycles. The first-order valence-corrected chi connectivity index (χ1v) is 10.3. The Balaban J connectivity index is 1.66. The Morgan fingerprint density at radius 3 is 2.52 bits per heavy atom. The molecule has 0 spiro atoms. The van der Waals surface area contributed by atoms with Crippen molar-refractivity contribution in [1.29, 1.82) is 0 Å². The Hall–Kier alpha value is -2.59. The summed E-state index contributed by atoms with van der Waals surface area (Å²) >= 11 is 0. The van der Waals surface area contributed by atoms with Crippen LogP contribution in [0.4, 0.5) is 0 Å². The first-order valence-electron chi connectivity index (χ1n) is 10.3. The minimum atomic E-state index is 0.0271. The van der Waals surface area contributed by atoms with Crippen LogP contribution in [0.5, 0.6) is 0 Å². The Bertz CT molecular complexity index is 958. The van der Waals surface area contributed by atoms with Crippen LogP contribution in [0.2, 0.25) is 0 Å². The molecule has 1 amide bonds. The molecule has 2 aromatic carbocycles. The van der Waals surface area contributed by atoms with Crippen LogP contribution in [0.15, 0.2) is 53.1 Å². The number of fused-ring (bicyclic) bond motifs is 1. The van der Waals surface area contributed by atoms with Crippen molar-refractivity contribution in [3.05, 3.63) is 71.0 Å². The van der Waals surface area contributed by atoms with E-state index in [0.29, 0.717) is 18.9 Å². The average molecular weight is 393 g/mol. The van der Waals surface area contributed by atoms with Crippen LogP contribution >= 0.6 is 0 Å². The first kappa shape index (κ1) is 21.1. The number of rotatable bonds is 8. The summed E-state index contributed by atoms with van der Waals surface area (Å²) in [4.78, 5) is 14.8. The Morgan fingerprint density at radius 1 is 1.14 bits per heavy atom. The van der Waals surface area contributed by atoms with Gasteiger partial charge in [-0.15, -0.1) is 0 Å². The fraction of sp³-hybridized carbons (Fsp3) is 0.400. The lowest BCUT2D eigenvalue weighted by atomic mass is 9.95. The minimum absolute atomic E-state index is 0.0271. The van der Waals surface area contributed by atoms with E-state index in [4.69, 9.17) is 4.42 Å². The highest BCUT2D eigenvalue weighted by molar-refractivity contribution is 5.88. The zero-order chi connectivity index (χ0) is 21.0. The van der Waals surface area contributed by atoms with Gasteiger partial charge in [0.25, 0.3) is 0 Å². The van der Waals surface area contributed by atoms with E-state index in [1.807, 2.05) is 6.07 Å². The van der Waals surface area contributed by atoms with Gasteiger partial charge in [0, 0.05) is 23.5 Å². The highest BCUT2D eigenvalue weighted by atomic mass is 16.3. The van der Waals surface area contributed by atoms with E-state index in [1.54, 1.807) is 6.26 Å². The van der Waals surface area contributed by atoms with Gasteiger partial charge in [-0.05, 0) is 62.2 Å². The molecule has 154 valence electrons. The molecule has 1 unspecified atom stereocenters. The Kier molecular flexibility index (Phi) is 6.75. The van der Waals surface area contributed by atoms with Gasteiger partial charge in [0.05, 0.1) is 12.7 Å². The van der Waals surface area contributed by atoms with Gasteiger partial charge in [-0.25, -0.2) is 0 Å². The molecule has 0 saturated heterocycles. The molecular formula is C25H32N2O2. The standard InChI is InChI=1S/C25H32N2O2/c1-17(2)22-14-23-20(16-29-24(23)11-18(22)3)13-25(28)26-15-21(27(4)5)12-19-9-7-6-8-10-19/h6-11,14,16-17,21H,12-13,15H2,1-5H3,(H,26,28). The van der Waals surface area contributed by atoms with Crippen LogP contribution in [0.25, 0.3) is 11.0 Å². The number of hydrogen-bond acceptors (Lipinski definition) is 3. The van der Waals surface area contributed by atoms with Crippen molar-refractivity contribution in [2.24, 2.45) is 0 Å². The molecule has 1 heterocycles. The number of furan rings is 1. The molecule has 3 rings (SSSR count). The van der Waals surface area contributed by atoms with Gasteiger partial charge in [0.1, 0.15) is 5.58 Å². The summed E-state index contributed by atoms with van der Waals surface area (Å²) < 4.78 is 5.72. The summed E-state index contributed by atoms with van der Waals surface area (Å²) in [5.74, 6) is 0.467. The number of hydrogen-bond donors (Lipinski definition) is 1. The molecule has 1 atom stereocenters. The lowest BCUT2D eigenvalue weighted by Crippen LogP contribution is -2.42. The molecular weight excluding hydrogens is 360 g/mol. The predicted molar refractivity (Wildman–Crippen MR) is 119 cm³/mol. The maximum Gasteiger partial charge on any atom is 0.224 e. The number of benzene rings is 2. The lowest BCUT2D eigenvalue weighted by Gasteiger charge is -2.24. The van der Waals surface area contributed by atoms with Gasteiger partial charge in [-0.2, -0.15) is 0 Å². The van der Waals surface area contributed by atoms with E-state index < -0.39 is 0 Å². The van der Waals surface area contributed by atoms with Crippen molar-refractivity contribution in [3.8, 4) is 0 Å². The average Bonchev–Trinajstić information content (AvgIpc) is 3.06. The number of carbonyl (C=O) groups is 1. The molecule has 0 aliphatic carbocycles. The highest BCUT2D eigenvalue weighted by Crippen LogP contribution is 2.29. The maximum absolute atomic E-state index is 12.6. The van der Waals surface area contributed by atoms with Gasteiger partial charge < -0.3 is 14.6 Å². The fourth-order valence-electron chi connectivity index (χ4n) is 3.79. The van der Waals surface area contributed by atoms with Gasteiger partial charge in [-0.3, -0.25) is 4.79 Å². The fourth-order valence-corrected chi connectivity index (χ4v) is 3.79. The summed E-state index contributed by atoms with van der Waals surface area (Å²) in [6.07, 6.45) is 2.96. The van der Waals surface area contributed by atoms with Crippen molar-refractivity contribution in [2.75, 3.05) is 20.6 Å².